The zero-order valence-corrected chi connectivity index (χ0v) is 15.6. The van der Waals surface area contributed by atoms with Gasteiger partial charge in [-0.25, -0.2) is 4.79 Å². The minimum absolute atomic E-state index is 0.227. The molecule has 136 valence electrons. The predicted octanol–water partition coefficient (Wildman–Crippen LogP) is 4.73. The van der Waals surface area contributed by atoms with Gasteiger partial charge in [0.25, 0.3) is 0 Å². The average molecular weight is 341 g/mol. The molecule has 3 heteroatoms. The number of hydrogen-bond acceptors (Lipinski definition) is 3. The second kappa shape index (κ2) is 6.75. The van der Waals surface area contributed by atoms with Crippen LogP contribution in [-0.2, 0) is 4.74 Å². The fraction of sp³-hybridized carbons (Fsp3) is 0.682. The second-order valence-corrected chi connectivity index (χ2v) is 9.15. The average Bonchev–Trinajstić information content (AvgIpc) is 2.58. The monoisotopic (exact) mass is 341 g/mol. The van der Waals surface area contributed by atoms with Crippen molar-refractivity contribution in [1.82, 2.24) is 4.90 Å². The van der Waals surface area contributed by atoms with Crippen LogP contribution in [0.5, 0.6) is 0 Å². The zero-order valence-electron chi connectivity index (χ0n) is 15.6. The first-order valence-electron chi connectivity index (χ1n) is 9.95. The normalized spacial score (nSPS) is 34.3. The molecule has 0 amide bonds. The number of carbonyl (C=O) groups excluding carboxylic acids is 1. The van der Waals surface area contributed by atoms with Crippen LogP contribution < -0.4 is 0 Å². The van der Waals surface area contributed by atoms with Gasteiger partial charge in [-0.2, -0.15) is 0 Å². The van der Waals surface area contributed by atoms with Gasteiger partial charge in [0.2, 0.25) is 0 Å². The minimum atomic E-state index is -0.227. The fourth-order valence-corrected chi connectivity index (χ4v) is 6.27. The summed E-state index contributed by atoms with van der Waals surface area (Å²) in [6.45, 7) is 2.68. The van der Waals surface area contributed by atoms with E-state index in [0.717, 1.165) is 17.8 Å². The van der Waals surface area contributed by atoms with E-state index in [4.69, 9.17) is 4.74 Å². The highest BCUT2D eigenvalue weighted by Crippen LogP contribution is 2.61. The Hall–Kier alpha value is -1.35. The van der Waals surface area contributed by atoms with Crippen LogP contribution in [-0.4, -0.2) is 30.7 Å². The summed E-state index contributed by atoms with van der Waals surface area (Å²) in [7, 11) is 2.09. The third kappa shape index (κ3) is 3.62. The van der Waals surface area contributed by atoms with Crippen LogP contribution in [0.2, 0.25) is 0 Å². The Balaban J connectivity index is 1.31. The molecule has 0 aliphatic heterocycles. The number of benzene rings is 1. The Morgan fingerprint density at radius 2 is 1.68 bits per heavy atom. The first-order valence-corrected chi connectivity index (χ1v) is 9.95. The van der Waals surface area contributed by atoms with Crippen LogP contribution in [0, 0.1) is 23.2 Å². The molecule has 25 heavy (non-hydrogen) atoms. The van der Waals surface area contributed by atoms with Crippen molar-refractivity contribution in [2.45, 2.75) is 57.9 Å². The molecule has 1 unspecified atom stereocenters. The highest BCUT2D eigenvalue weighted by Gasteiger charge is 2.51. The molecule has 1 aromatic carbocycles. The molecule has 4 saturated carbocycles. The molecule has 1 aromatic rings. The molecule has 4 aliphatic carbocycles. The van der Waals surface area contributed by atoms with Gasteiger partial charge in [-0.05, 0) is 94.2 Å². The van der Waals surface area contributed by atoms with Gasteiger partial charge < -0.3 is 4.74 Å². The fourth-order valence-electron chi connectivity index (χ4n) is 6.27. The van der Waals surface area contributed by atoms with Crippen LogP contribution in [0.3, 0.4) is 0 Å². The van der Waals surface area contributed by atoms with Gasteiger partial charge in [0.05, 0.1) is 5.56 Å². The SMILES string of the molecule is CC(CC12CC3CC(CC(C3)C1)C2)N(C)COC(=O)c1ccccc1. The van der Waals surface area contributed by atoms with Gasteiger partial charge in [-0.1, -0.05) is 18.2 Å². The van der Waals surface area contributed by atoms with E-state index >= 15 is 0 Å². The number of hydrogen-bond donors (Lipinski definition) is 0. The second-order valence-electron chi connectivity index (χ2n) is 9.15. The lowest BCUT2D eigenvalue weighted by Gasteiger charge is -2.58. The molecule has 0 radical (unpaired) electrons. The van der Waals surface area contributed by atoms with Crippen molar-refractivity contribution < 1.29 is 9.53 Å². The maximum atomic E-state index is 12.1. The number of rotatable bonds is 6. The van der Waals surface area contributed by atoms with Crippen molar-refractivity contribution in [3.05, 3.63) is 35.9 Å². The quantitative estimate of drug-likeness (QED) is 0.553. The van der Waals surface area contributed by atoms with E-state index in [1.807, 2.05) is 18.2 Å². The number of esters is 1. The van der Waals surface area contributed by atoms with Crippen molar-refractivity contribution in [3.8, 4) is 0 Å². The Labute approximate surface area is 151 Å². The first kappa shape index (κ1) is 17.1. The molecule has 0 N–H and O–H groups in total. The zero-order chi connectivity index (χ0) is 17.4. The lowest BCUT2D eigenvalue weighted by molar-refractivity contribution is -0.0717. The molecule has 4 bridgehead atoms. The van der Waals surface area contributed by atoms with Crippen LogP contribution >= 0.6 is 0 Å². The molecule has 1 atom stereocenters. The lowest BCUT2D eigenvalue weighted by Crippen LogP contribution is -2.48. The summed E-state index contributed by atoms with van der Waals surface area (Å²) >= 11 is 0. The van der Waals surface area contributed by atoms with Crippen LogP contribution in [0.25, 0.3) is 0 Å². The van der Waals surface area contributed by atoms with E-state index < -0.39 is 0 Å². The summed E-state index contributed by atoms with van der Waals surface area (Å²) in [6, 6.07) is 9.73. The molecule has 0 spiro atoms. The molecular weight excluding hydrogens is 310 g/mol. The smallest absolute Gasteiger partial charge is 0.339 e. The minimum Gasteiger partial charge on any atom is -0.446 e. The molecule has 0 heterocycles. The number of carbonyl (C=O) groups is 1. The topological polar surface area (TPSA) is 29.5 Å². The Kier molecular flexibility index (Phi) is 4.61. The highest BCUT2D eigenvalue weighted by atomic mass is 16.5. The Morgan fingerprint density at radius 3 is 2.24 bits per heavy atom. The van der Waals surface area contributed by atoms with E-state index in [1.165, 1.54) is 44.9 Å². The van der Waals surface area contributed by atoms with E-state index in [-0.39, 0.29) is 5.97 Å². The largest absolute Gasteiger partial charge is 0.446 e. The predicted molar refractivity (Wildman–Crippen MR) is 99.2 cm³/mol. The standard InChI is InChI=1S/C22H31NO2/c1-16(23(2)15-25-21(24)20-6-4-3-5-7-20)11-22-12-17-8-18(13-22)10-19(9-17)14-22/h3-7,16-19H,8-15H2,1-2H3. The number of nitrogens with zero attached hydrogens (tertiary/aromatic N) is 1. The van der Waals surface area contributed by atoms with E-state index in [0.29, 0.717) is 23.8 Å². The van der Waals surface area contributed by atoms with Gasteiger partial charge in [-0.15, -0.1) is 0 Å². The summed E-state index contributed by atoms with van der Waals surface area (Å²) in [5.41, 5.74) is 1.20. The van der Waals surface area contributed by atoms with E-state index in [9.17, 15) is 4.79 Å². The third-order valence-electron chi connectivity index (χ3n) is 7.05. The van der Waals surface area contributed by atoms with Crippen LogP contribution in [0.15, 0.2) is 30.3 Å². The van der Waals surface area contributed by atoms with Crippen molar-refractivity contribution in [3.63, 3.8) is 0 Å². The summed E-state index contributed by atoms with van der Waals surface area (Å²) in [4.78, 5) is 14.3. The third-order valence-corrected chi connectivity index (χ3v) is 7.05. The lowest BCUT2D eigenvalue weighted by atomic mass is 9.48. The van der Waals surface area contributed by atoms with Gasteiger partial charge >= 0.3 is 5.97 Å². The van der Waals surface area contributed by atoms with Crippen molar-refractivity contribution in [2.75, 3.05) is 13.8 Å². The maximum absolute atomic E-state index is 12.1. The van der Waals surface area contributed by atoms with Crippen LogP contribution in [0.4, 0.5) is 0 Å². The molecule has 0 aromatic heterocycles. The van der Waals surface area contributed by atoms with Gasteiger partial charge in [0, 0.05) is 6.04 Å². The summed E-state index contributed by atoms with van der Waals surface area (Å²) in [5, 5.41) is 0. The van der Waals surface area contributed by atoms with E-state index in [1.54, 1.807) is 12.1 Å². The molecule has 3 nitrogen and oxygen atoms in total. The van der Waals surface area contributed by atoms with Crippen LogP contribution in [0.1, 0.15) is 62.2 Å². The van der Waals surface area contributed by atoms with Gasteiger partial charge in [0.1, 0.15) is 6.73 Å². The maximum Gasteiger partial charge on any atom is 0.339 e. The van der Waals surface area contributed by atoms with Gasteiger partial charge in [0.15, 0.2) is 0 Å². The van der Waals surface area contributed by atoms with Crippen molar-refractivity contribution >= 4 is 5.97 Å². The van der Waals surface area contributed by atoms with Crippen molar-refractivity contribution in [1.29, 1.82) is 0 Å². The molecule has 5 rings (SSSR count). The first-order chi connectivity index (χ1) is 12.0. The van der Waals surface area contributed by atoms with E-state index in [2.05, 4.69) is 18.9 Å². The molecule has 4 fully saturated rings. The van der Waals surface area contributed by atoms with Gasteiger partial charge in [-0.3, -0.25) is 4.90 Å². The Bertz CT molecular complexity index is 576. The molecular formula is C22H31NO2. The highest BCUT2D eigenvalue weighted by molar-refractivity contribution is 5.89. The van der Waals surface area contributed by atoms with Crippen molar-refractivity contribution in [2.24, 2.45) is 23.2 Å². The summed E-state index contributed by atoms with van der Waals surface area (Å²) in [6.07, 6.45) is 10.1. The number of ether oxygens (including phenoxy) is 1. The summed E-state index contributed by atoms with van der Waals surface area (Å²) in [5.74, 6) is 2.77. The molecule has 4 aliphatic rings. The summed E-state index contributed by atoms with van der Waals surface area (Å²) < 4.78 is 5.52. The Morgan fingerprint density at radius 1 is 1.12 bits per heavy atom. The molecule has 0 saturated heterocycles.